The molecule has 3 heterocycles. The van der Waals surface area contributed by atoms with E-state index in [1.807, 2.05) is 6.07 Å². The summed E-state index contributed by atoms with van der Waals surface area (Å²) in [5.74, 6) is 2.33. The molecule has 24 heavy (non-hydrogen) atoms. The molecule has 1 aliphatic carbocycles. The average Bonchev–Trinajstić information content (AvgIpc) is 3.16. The molecule has 8 nitrogen and oxygen atoms in total. The highest BCUT2D eigenvalue weighted by atomic mass is 15.4. The van der Waals surface area contributed by atoms with E-state index in [0.717, 1.165) is 37.9 Å². The van der Waals surface area contributed by atoms with Crippen molar-refractivity contribution in [2.45, 2.75) is 31.7 Å². The van der Waals surface area contributed by atoms with Gasteiger partial charge in [-0.25, -0.2) is 9.97 Å². The minimum absolute atomic E-state index is 0.495. The minimum atomic E-state index is 0.495. The molecule has 0 atom stereocenters. The molecule has 0 unspecified atom stereocenters. The first kappa shape index (κ1) is 15.0. The summed E-state index contributed by atoms with van der Waals surface area (Å²) in [7, 11) is 0. The van der Waals surface area contributed by atoms with Crippen molar-refractivity contribution in [3.63, 3.8) is 0 Å². The molecule has 2 fully saturated rings. The zero-order valence-electron chi connectivity index (χ0n) is 13.7. The number of rotatable bonds is 4. The molecule has 0 bridgehead atoms. The summed E-state index contributed by atoms with van der Waals surface area (Å²) < 4.78 is 0. The number of nitrogens with one attached hydrogen (secondary N) is 1. The molecule has 0 radical (unpaired) electrons. The van der Waals surface area contributed by atoms with Crippen molar-refractivity contribution in [2.75, 3.05) is 41.3 Å². The molecule has 1 saturated heterocycles. The van der Waals surface area contributed by atoms with Crippen molar-refractivity contribution in [1.29, 1.82) is 0 Å². The lowest BCUT2D eigenvalue weighted by Crippen LogP contribution is -2.47. The van der Waals surface area contributed by atoms with E-state index >= 15 is 0 Å². The Balaban J connectivity index is 1.38. The molecular formula is C16H22N8. The highest BCUT2D eigenvalue weighted by Gasteiger charge is 2.21. The van der Waals surface area contributed by atoms with Crippen LogP contribution in [0.5, 0.6) is 0 Å². The average molecular weight is 326 g/mol. The van der Waals surface area contributed by atoms with Crippen LogP contribution < -0.4 is 15.1 Å². The second-order valence-electron chi connectivity index (χ2n) is 6.29. The van der Waals surface area contributed by atoms with Crippen molar-refractivity contribution in [2.24, 2.45) is 0 Å². The van der Waals surface area contributed by atoms with Gasteiger partial charge in [-0.2, -0.15) is 10.1 Å². The van der Waals surface area contributed by atoms with Crippen LogP contribution in [0.3, 0.4) is 0 Å². The molecule has 1 saturated carbocycles. The van der Waals surface area contributed by atoms with Crippen LogP contribution in [0.1, 0.15) is 25.7 Å². The van der Waals surface area contributed by atoms with Crippen LogP contribution in [-0.4, -0.2) is 57.4 Å². The smallest absolute Gasteiger partial charge is 0.244 e. The third-order valence-corrected chi connectivity index (χ3v) is 4.67. The van der Waals surface area contributed by atoms with Gasteiger partial charge in [-0.1, -0.05) is 12.8 Å². The summed E-state index contributed by atoms with van der Waals surface area (Å²) >= 11 is 0. The molecule has 1 N–H and O–H groups in total. The Morgan fingerprint density at radius 2 is 1.67 bits per heavy atom. The molecule has 4 rings (SSSR count). The Kier molecular flexibility index (Phi) is 4.35. The van der Waals surface area contributed by atoms with Crippen LogP contribution in [-0.2, 0) is 0 Å². The first-order valence-corrected chi connectivity index (χ1v) is 8.62. The number of aromatic nitrogens is 5. The molecule has 8 heteroatoms. The fourth-order valence-corrected chi connectivity index (χ4v) is 3.35. The third-order valence-electron chi connectivity index (χ3n) is 4.67. The van der Waals surface area contributed by atoms with Crippen LogP contribution >= 0.6 is 0 Å². The van der Waals surface area contributed by atoms with Crippen molar-refractivity contribution in [3.8, 4) is 0 Å². The van der Waals surface area contributed by atoms with E-state index in [2.05, 4.69) is 40.3 Å². The fourth-order valence-electron chi connectivity index (χ4n) is 3.35. The lowest BCUT2D eigenvalue weighted by atomic mass is 10.2. The molecule has 0 spiro atoms. The van der Waals surface area contributed by atoms with Gasteiger partial charge in [0.1, 0.15) is 0 Å². The topological polar surface area (TPSA) is 83.0 Å². The van der Waals surface area contributed by atoms with Gasteiger partial charge in [-0.3, -0.25) is 0 Å². The number of hydrogen-bond donors (Lipinski definition) is 1. The minimum Gasteiger partial charge on any atom is -0.352 e. The van der Waals surface area contributed by atoms with Gasteiger partial charge < -0.3 is 15.1 Å². The molecule has 2 aliphatic rings. The highest BCUT2D eigenvalue weighted by molar-refractivity contribution is 5.43. The zero-order valence-corrected chi connectivity index (χ0v) is 13.7. The molecule has 2 aromatic rings. The summed E-state index contributed by atoms with van der Waals surface area (Å²) in [6.45, 7) is 3.50. The predicted molar refractivity (Wildman–Crippen MR) is 92.2 cm³/mol. The van der Waals surface area contributed by atoms with E-state index in [9.17, 15) is 0 Å². The van der Waals surface area contributed by atoms with Gasteiger partial charge in [0.25, 0.3) is 0 Å². The van der Waals surface area contributed by atoms with E-state index in [4.69, 9.17) is 0 Å². The summed E-state index contributed by atoms with van der Waals surface area (Å²) in [5, 5.41) is 11.7. The second kappa shape index (κ2) is 6.94. The zero-order chi connectivity index (χ0) is 16.2. The van der Waals surface area contributed by atoms with Crippen LogP contribution in [0.15, 0.2) is 24.7 Å². The lowest BCUT2D eigenvalue weighted by Gasteiger charge is -2.35. The Morgan fingerprint density at radius 1 is 0.958 bits per heavy atom. The molecule has 1 aliphatic heterocycles. The molecule has 0 amide bonds. The largest absolute Gasteiger partial charge is 0.352 e. The van der Waals surface area contributed by atoms with Crippen LogP contribution in [0.25, 0.3) is 0 Å². The number of piperazine rings is 1. The summed E-state index contributed by atoms with van der Waals surface area (Å²) in [6.07, 6.45) is 10.3. The van der Waals surface area contributed by atoms with E-state index in [1.165, 1.54) is 25.7 Å². The monoisotopic (exact) mass is 326 g/mol. The van der Waals surface area contributed by atoms with Crippen LogP contribution in [0.4, 0.5) is 17.7 Å². The normalized spacial score (nSPS) is 18.8. The Morgan fingerprint density at radius 3 is 2.42 bits per heavy atom. The summed E-state index contributed by atoms with van der Waals surface area (Å²) in [4.78, 5) is 17.7. The SMILES string of the molecule is c1cnc(N2CCN(c3cnnc(NC4CCCC4)n3)CC2)nc1. The fraction of sp³-hybridized carbons (Fsp3) is 0.562. The Labute approximate surface area is 141 Å². The maximum atomic E-state index is 4.65. The standard InChI is InChI=1S/C16H22N8/c1-2-5-13(4-1)20-15-21-14(12-19-22-15)23-8-10-24(11-9-23)16-17-6-3-7-18-16/h3,6-7,12-13H,1-2,4-5,8-11H2,(H,20,21,22). The Hall–Kier alpha value is -2.51. The molecule has 0 aromatic carbocycles. The number of anilines is 3. The van der Waals surface area contributed by atoms with Crippen molar-refractivity contribution in [1.82, 2.24) is 25.1 Å². The quantitative estimate of drug-likeness (QED) is 0.901. The van der Waals surface area contributed by atoms with E-state index in [1.54, 1.807) is 18.6 Å². The molecule has 126 valence electrons. The highest BCUT2D eigenvalue weighted by Crippen LogP contribution is 2.21. The van der Waals surface area contributed by atoms with Gasteiger partial charge in [0, 0.05) is 44.6 Å². The van der Waals surface area contributed by atoms with E-state index < -0.39 is 0 Å². The van der Waals surface area contributed by atoms with Crippen molar-refractivity contribution >= 4 is 17.7 Å². The van der Waals surface area contributed by atoms with E-state index in [0.29, 0.717) is 12.0 Å². The van der Waals surface area contributed by atoms with E-state index in [-0.39, 0.29) is 0 Å². The van der Waals surface area contributed by atoms with Gasteiger partial charge >= 0.3 is 0 Å². The van der Waals surface area contributed by atoms with Gasteiger partial charge in [0.2, 0.25) is 11.9 Å². The number of hydrogen-bond acceptors (Lipinski definition) is 8. The first-order chi connectivity index (χ1) is 11.9. The van der Waals surface area contributed by atoms with Crippen molar-refractivity contribution in [3.05, 3.63) is 24.7 Å². The third kappa shape index (κ3) is 3.37. The summed E-state index contributed by atoms with van der Waals surface area (Å²) in [6, 6.07) is 2.33. The second-order valence-corrected chi connectivity index (χ2v) is 6.29. The van der Waals surface area contributed by atoms with Gasteiger partial charge in [-0.15, -0.1) is 5.10 Å². The van der Waals surface area contributed by atoms with Gasteiger partial charge in [0.05, 0.1) is 6.20 Å². The maximum Gasteiger partial charge on any atom is 0.244 e. The lowest BCUT2D eigenvalue weighted by molar-refractivity contribution is 0.631. The van der Waals surface area contributed by atoms with Gasteiger partial charge in [0.15, 0.2) is 5.82 Å². The maximum absolute atomic E-state index is 4.65. The first-order valence-electron chi connectivity index (χ1n) is 8.62. The Bertz CT molecular complexity index is 650. The van der Waals surface area contributed by atoms with Crippen LogP contribution in [0, 0.1) is 0 Å². The van der Waals surface area contributed by atoms with Crippen LogP contribution in [0.2, 0.25) is 0 Å². The van der Waals surface area contributed by atoms with Crippen molar-refractivity contribution < 1.29 is 0 Å². The summed E-state index contributed by atoms with van der Waals surface area (Å²) in [5.41, 5.74) is 0. The molecule has 2 aromatic heterocycles. The molecular weight excluding hydrogens is 304 g/mol. The predicted octanol–water partition coefficient (Wildman–Crippen LogP) is 1.34. The number of nitrogens with zero attached hydrogens (tertiary/aromatic N) is 7. The van der Waals surface area contributed by atoms with Gasteiger partial charge in [-0.05, 0) is 18.9 Å².